The van der Waals surface area contributed by atoms with Crippen LogP contribution < -0.4 is 18.9 Å². The van der Waals surface area contributed by atoms with Gasteiger partial charge in [-0.25, -0.2) is 0 Å². The molecule has 0 N–H and O–H groups in total. The quantitative estimate of drug-likeness (QED) is 0.0512. The molecule has 0 atom stereocenters. The molecule has 23 heteroatoms. The predicted molar refractivity (Wildman–Crippen MR) is 314 cm³/mol. The van der Waals surface area contributed by atoms with Gasteiger partial charge in [0.2, 0.25) is 0 Å². The first kappa shape index (κ1) is 73.9. The van der Waals surface area contributed by atoms with Crippen LogP contribution in [-0.2, 0) is 98.5 Å². The molecular formula is C60H100O22S. The minimum absolute atomic E-state index is 0.102. The third-order valence-corrected chi connectivity index (χ3v) is 12.6. The molecule has 0 aliphatic carbocycles. The van der Waals surface area contributed by atoms with Gasteiger partial charge in [-0.15, -0.1) is 11.3 Å². The zero-order valence-electron chi connectivity index (χ0n) is 51.1. The minimum atomic E-state index is -0.102. The van der Waals surface area contributed by atoms with Gasteiger partial charge in [0.05, 0.1) is 262 Å². The predicted octanol–water partition coefficient (Wildman–Crippen LogP) is 7.23. The van der Waals surface area contributed by atoms with Gasteiger partial charge in [-0.05, 0) is 52.0 Å². The van der Waals surface area contributed by atoms with Crippen molar-refractivity contribution in [3.05, 3.63) is 47.5 Å². The lowest BCUT2D eigenvalue weighted by molar-refractivity contribution is -0.0250. The number of hydrogen-bond acceptors (Lipinski definition) is 23. The standard InChI is InChI=1S/C60H100O22S/c1-49(2)81-55-13-9-11-53(63-7)57(55)59-51(47-79-45-43-77-41-39-75-37-35-73-33-31-71-29-27-69-25-23-67-21-19-65-17-15-61-5)52(60(83-59)58-54(64-8)12-10-14-56(58)82-50(3)4)48-80-46-44-78-42-40-76-38-36-74-34-32-72-30-28-70-26-24-68-22-20-66-18-16-62-6/h9-14,49-50H,15-48H2,1-8H3. The summed E-state index contributed by atoms with van der Waals surface area (Å²) in [5.41, 5.74) is 3.44. The Balaban J connectivity index is 1.48. The Bertz CT molecular complexity index is 1820. The Morgan fingerprint density at radius 3 is 0.687 bits per heavy atom. The summed E-state index contributed by atoms with van der Waals surface area (Å²) in [6.07, 6.45) is -0.205. The molecule has 0 saturated heterocycles. The van der Waals surface area contributed by atoms with Crippen LogP contribution in [0.15, 0.2) is 36.4 Å². The fourth-order valence-corrected chi connectivity index (χ4v) is 8.86. The summed E-state index contributed by atoms with van der Waals surface area (Å²) in [7, 11) is 6.61. The van der Waals surface area contributed by atoms with E-state index in [0.29, 0.717) is 234 Å². The van der Waals surface area contributed by atoms with Gasteiger partial charge in [0, 0.05) is 35.1 Å². The largest absolute Gasteiger partial charge is 0.496 e. The number of benzene rings is 2. The van der Waals surface area contributed by atoms with E-state index in [4.69, 9.17) is 104 Å². The minimum Gasteiger partial charge on any atom is -0.496 e. The number of ether oxygens (including phenoxy) is 22. The molecule has 0 spiro atoms. The molecule has 22 nitrogen and oxygen atoms in total. The molecule has 0 radical (unpaired) electrons. The van der Waals surface area contributed by atoms with Crippen molar-refractivity contribution >= 4 is 11.3 Å². The van der Waals surface area contributed by atoms with Crippen LogP contribution in [0.5, 0.6) is 23.0 Å². The molecule has 0 aliphatic rings. The maximum Gasteiger partial charge on any atom is 0.132 e. The summed E-state index contributed by atoms with van der Waals surface area (Å²) in [5.74, 6) is 2.68. The lowest BCUT2D eigenvalue weighted by Gasteiger charge is -2.18. The molecule has 2 aromatic carbocycles. The maximum atomic E-state index is 6.45. The van der Waals surface area contributed by atoms with Gasteiger partial charge in [-0.1, -0.05) is 12.1 Å². The van der Waals surface area contributed by atoms with Crippen molar-refractivity contribution in [2.75, 3.05) is 240 Å². The SMILES string of the molecule is COCCOCCOCCOCCOCCOCCOCCOCCOCc1c(-c2c(OC)cccc2OC(C)C)sc(-c2c(OC)cccc2OC(C)C)c1COCCOCCOCCOCCOCCOCCOCCOCCOC. The van der Waals surface area contributed by atoms with Crippen molar-refractivity contribution < 1.29 is 104 Å². The first-order valence-electron chi connectivity index (χ1n) is 28.9. The summed E-state index contributed by atoms with van der Waals surface area (Å²) in [6, 6.07) is 11.6. The van der Waals surface area contributed by atoms with Crippen LogP contribution in [0.3, 0.4) is 0 Å². The summed E-state index contributed by atoms with van der Waals surface area (Å²) in [6.45, 7) is 23.5. The summed E-state index contributed by atoms with van der Waals surface area (Å²) < 4.78 is 126. The molecule has 3 rings (SSSR count). The molecule has 0 saturated carbocycles. The molecule has 478 valence electrons. The molecular weight excluding hydrogens is 1100 g/mol. The van der Waals surface area contributed by atoms with Crippen LogP contribution in [0.4, 0.5) is 0 Å². The van der Waals surface area contributed by atoms with Crippen LogP contribution >= 0.6 is 11.3 Å². The molecule has 0 fully saturated rings. The van der Waals surface area contributed by atoms with Gasteiger partial charge in [-0.2, -0.15) is 0 Å². The summed E-state index contributed by atoms with van der Waals surface area (Å²) in [5, 5.41) is 0. The Morgan fingerprint density at radius 1 is 0.277 bits per heavy atom. The van der Waals surface area contributed by atoms with E-state index < -0.39 is 0 Å². The van der Waals surface area contributed by atoms with E-state index in [2.05, 4.69) is 0 Å². The monoisotopic (exact) mass is 1200 g/mol. The Hall–Kier alpha value is -3.38. The van der Waals surface area contributed by atoms with E-state index in [1.165, 1.54) is 0 Å². The fraction of sp³-hybridized carbons (Fsp3) is 0.733. The van der Waals surface area contributed by atoms with Crippen LogP contribution in [0.2, 0.25) is 0 Å². The van der Waals surface area contributed by atoms with E-state index in [9.17, 15) is 0 Å². The van der Waals surface area contributed by atoms with E-state index in [-0.39, 0.29) is 25.4 Å². The van der Waals surface area contributed by atoms with Crippen LogP contribution in [0, 0.1) is 0 Å². The molecule has 0 unspecified atom stereocenters. The Kier molecular flexibility index (Phi) is 46.1. The van der Waals surface area contributed by atoms with Gasteiger partial charge >= 0.3 is 0 Å². The van der Waals surface area contributed by atoms with Crippen molar-refractivity contribution in [2.45, 2.75) is 53.1 Å². The first-order chi connectivity index (χ1) is 40.9. The van der Waals surface area contributed by atoms with Gasteiger partial charge in [0.1, 0.15) is 23.0 Å². The lowest BCUT2D eigenvalue weighted by Crippen LogP contribution is -2.15. The highest BCUT2D eigenvalue weighted by molar-refractivity contribution is 7.19. The normalized spacial score (nSPS) is 11.7. The number of rotatable bonds is 60. The second kappa shape index (κ2) is 51.8. The van der Waals surface area contributed by atoms with Gasteiger partial charge in [-0.3, -0.25) is 0 Å². The fourth-order valence-electron chi connectivity index (χ4n) is 7.43. The van der Waals surface area contributed by atoms with Gasteiger partial charge in [0.25, 0.3) is 0 Å². The number of methoxy groups -OCH3 is 4. The van der Waals surface area contributed by atoms with Crippen LogP contribution in [-0.4, -0.2) is 252 Å². The van der Waals surface area contributed by atoms with Gasteiger partial charge in [0.15, 0.2) is 0 Å². The average Bonchev–Trinajstić information content (AvgIpc) is 3.23. The van der Waals surface area contributed by atoms with E-state index >= 15 is 0 Å². The number of thiophene rings is 1. The van der Waals surface area contributed by atoms with Crippen molar-refractivity contribution in [3.63, 3.8) is 0 Å². The molecule has 0 bridgehead atoms. The zero-order chi connectivity index (χ0) is 59.5. The van der Waals surface area contributed by atoms with E-state index in [1.807, 2.05) is 64.1 Å². The third-order valence-electron chi connectivity index (χ3n) is 11.3. The first-order valence-corrected chi connectivity index (χ1v) is 29.7. The lowest BCUT2D eigenvalue weighted by atomic mass is 10.00. The second-order valence-electron chi connectivity index (χ2n) is 18.4. The number of hydrogen-bond donors (Lipinski definition) is 0. The summed E-state index contributed by atoms with van der Waals surface area (Å²) in [4.78, 5) is 1.81. The molecule has 3 aromatic rings. The highest BCUT2D eigenvalue weighted by Gasteiger charge is 2.29. The second-order valence-corrected chi connectivity index (χ2v) is 19.4. The molecule has 0 aliphatic heterocycles. The van der Waals surface area contributed by atoms with Crippen molar-refractivity contribution in [3.8, 4) is 43.9 Å². The smallest absolute Gasteiger partial charge is 0.132 e. The Morgan fingerprint density at radius 2 is 0.482 bits per heavy atom. The maximum absolute atomic E-state index is 6.45. The molecule has 1 heterocycles. The highest BCUT2D eigenvalue weighted by Crippen LogP contribution is 2.53. The Labute approximate surface area is 498 Å². The zero-order valence-corrected chi connectivity index (χ0v) is 51.9. The molecule has 0 amide bonds. The van der Waals surface area contributed by atoms with E-state index in [0.717, 1.165) is 32.0 Å². The van der Waals surface area contributed by atoms with Crippen molar-refractivity contribution in [2.24, 2.45) is 0 Å². The van der Waals surface area contributed by atoms with Crippen molar-refractivity contribution in [1.82, 2.24) is 0 Å². The molecule has 1 aromatic heterocycles. The molecule has 83 heavy (non-hydrogen) atoms. The van der Waals surface area contributed by atoms with Crippen LogP contribution in [0.1, 0.15) is 38.8 Å². The highest BCUT2D eigenvalue weighted by atomic mass is 32.1. The van der Waals surface area contributed by atoms with Crippen LogP contribution in [0.25, 0.3) is 20.9 Å². The third kappa shape index (κ3) is 35.1. The topological polar surface area (TPSA) is 203 Å². The van der Waals surface area contributed by atoms with Gasteiger partial charge < -0.3 is 104 Å². The van der Waals surface area contributed by atoms with Crippen molar-refractivity contribution in [1.29, 1.82) is 0 Å². The average molecular weight is 1210 g/mol. The summed E-state index contributed by atoms with van der Waals surface area (Å²) >= 11 is 1.58. The van der Waals surface area contributed by atoms with E-state index in [1.54, 1.807) is 39.8 Å².